The molecule has 5 heteroatoms. The van der Waals surface area contributed by atoms with Gasteiger partial charge in [0.2, 0.25) is 0 Å². The van der Waals surface area contributed by atoms with Crippen LogP contribution in [0.4, 0.5) is 0 Å². The van der Waals surface area contributed by atoms with Crippen molar-refractivity contribution in [3.8, 4) is 5.75 Å². The molecule has 2 unspecified atom stereocenters. The fourth-order valence-electron chi connectivity index (χ4n) is 2.51. The normalized spacial score (nSPS) is 24.0. The molecular formula is C15H20BrNO3. The first kappa shape index (κ1) is 15.3. The highest BCUT2D eigenvalue weighted by Gasteiger charge is 2.49. The molecule has 0 aromatic heterocycles. The van der Waals surface area contributed by atoms with Crippen LogP contribution in [0.15, 0.2) is 22.7 Å². The number of carbonyl (C=O) groups is 1. The molecule has 0 bridgehead atoms. The van der Waals surface area contributed by atoms with E-state index in [4.69, 9.17) is 4.74 Å². The van der Waals surface area contributed by atoms with E-state index < -0.39 is 0 Å². The van der Waals surface area contributed by atoms with Crippen LogP contribution in [-0.2, 0) is 4.74 Å². The second kappa shape index (κ2) is 5.74. The van der Waals surface area contributed by atoms with Crippen molar-refractivity contribution in [1.29, 1.82) is 0 Å². The summed E-state index contributed by atoms with van der Waals surface area (Å²) >= 11 is 3.20. The second-order valence-corrected chi connectivity index (χ2v) is 6.55. The smallest absolute Gasteiger partial charge is 0.251 e. The summed E-state index contributed by atoms with van der Waals surface area (Å²) in [6.45, 7) is 6.86. The molecule has 0 heterocycles. The third kappa shape index (κ3) is 2.83. The molecule has 2 atom stereocenters. The number of nitrogens with one attached hydrogen (secondary N) is 1. The van der Waals surface area contributed by atoms with Crippen LogP contribution in [0.5, 0.6) is 5.75 Å². The molecule has 1 aromatic carbocycles. The van der Waals surface area contributed by atoms with Crippen molar-refractivity contribution < 1.29 is 14.6 Å². The number of phenols is 1. The van der Waals surface area contributed by atoms with E-state index in [1.165, 1.54) is 6.07 Å². The Morgan fingerprint density at radius 2 is 2.25 bits per heavy atom. The molecule has 2 N–H and O–H groups in total. The summed E-state index contributed by atoms with van der Waals surface area (Å²) in [7, 11) is 0. The average Bonchev–Trinajstić information content (AvgIpc) is 2.40. The fraction of sp³-hybridized carbons (Fsp3) is 0.533. The summed E-state index contributed by atoms with van der Waals surface area (Å²) in [5.74, 6) is -0.0986. The van der Waals surface area contributed by atoms with E-state index in [1.807, 2.05) is 6.92 Å². The summed E-state index contributed by atoms with van der Waals surface area (Å²) in [6.07, 6.45) is 1.02. The zero-order valence-corrected chi connectivity index (χ0v) is 13.5. The summed E-state index contributed by atoms with van der Waals surface area (Å²) in [5.41, 5.74) is 0.393. The Balaban J connectivity index is 2.01. The Bertz CT molecular complexity index is 516. The van der Waals surface area contributed by atoms with Gasteiger partial charge in [-0.05, 0) is 47.5 Å². The third-order valence-corrected chi connectivity index (χ3v) is 4.73. The molecule has 1 aliphatic carbocycles. The summed E-state index contributed by atoms with van der Waals surface area (Å²) in [5, 5.41) is 12.6. The highest BCUT2D eigenvalue weighted by molar-refractivity contribution is 9.10. The average molecular weight is 342 g/mol. The molecule has 0 aliphatic heterocycles. The van der Waals surface area contributed by atoms with Crippen molar-refractivity contribution in [2.45, 2.75) is 39.3 Å². The van der Waals surface area contributed by atoms with Gasteiger partial charge in [0.1, 0.15) is 5.75 Å². The number of phenolic OH excluding ortho intramolecular Hbond substituents is 1. The molecular weight excluding hydrogens is 322 g/mol. The molecule has 0 saturated heterocycles. The fourth-order valence-corrected chi connectivity index (χ4v) is 2.76. The van der Waals surface area contributed by atoms with Crippen molar-refractivity contribution in [2.75, 3.05) is 6.61 Å². The lowest BCUT2D eigenvalue weighted by atomic mass is 9.64. The van der Waals surface area contributed by atoms with Gasteiger partial charge < -0.3 is 15.2 Å². The quantitative estimate of drug-likeness (QED) is 0.884. The highest BCUT2D eigenvalue weighted by Crippen LogP contribution is 2.42. The summed E-state index contributed by atoms with van der Waals surface area (Å²) in [4.78, 5) is 12.2. The van der Waals surface area contributed by atoms with E-state index in [1.54, 1.807) is 12.1 Å². The molecule has 20 heavy (non-hydrogen) atoms. The van der Waals surface area contributed by atoms with Gasteiger partial charge in [-0.15, -0.1) is 0 Å². The molecule has 2 rings (SSSR count). The summed E-state index contributed by atoms with van der Waals surface area (Å²) < 4.78 is 6.23. The van der Waals surface area contributed by atoms with Crippen molar-refractivity contribution in [3.63, 3.8) is 0 Å². The van der Waals surface area contributed by atoms with Crippen molar-refractivity contribution in [3.05, 3.63) is 28.2 Å². The first-order valence-corrected chi connectivity index (χ1v) is 7.56. The number of benzene rings is 1. The Labute approximate surface area is 127 Å². The molecule has 1 aromatic rings. The lowest BCUT2D eigenvalue weighted by molar-refractivity contribution is -0.111. The lowest BCUT2D eigenvalue weighted by Crippen LogP contribution is -2.62. The van der Waals surface area contributed by atoms with Crippen molar-refractivity contribution >= 4 is 21.8 Å². The van der Waals surface area contributed by atoms with Gasteiger partial charge in [-0.1, -0.05) is 13.8 Å². The van der Waals surface area contributed by atoms with Gasteiger partial charge >= 0.3 is 0 Å². The number of carbonyl (C=O) groups excluding carboxylic acids is 1. The number of ether oxygens (including phenoxy) is 1. The van der Waals surface area contributed by atoms with Gasteiger partial charge in [-0.2, -0.15) is 0 Å². The van der Waals surface area contributed by atoms with E-state index >= 15 is 0 Å². The van der Waals surface area contributed by atoms with Gasteiger partial charge in [-0.25, -0.2) is 0 Å². The minimum atomic E-state index is -0.166. The van der Waals surface area contributed by atoms with Crippen LogP contribution in [-0.4, -0.2) is 29.8 Å². The number of aromatic hydroxyl groups is 1. The van der Waals surface area contributed by atoms with E-state index in [0.29, 0.717) is 16.6 Å². The molecule has 0 radical (unpaired) electrons. The topological polar surface area (TPSA) is 58.6 Å². The lowest BCUT2D eigenvalue weighted by Gasteiger charge is -2.51. The molecule has 1 saturated carbocycles. The maximum Gasteiger partial charge on any atom is 0.251 e. The number of hydrogen-bond donors (Lipinski definition) is 2. The van der Waals surface area contributed by atoms with E-state index in [-0.39, 0.29) is 29.2 Å². The zero-order chi connectivity index (χ0) is 14.9. The minimum Gasteiger partial charge on any atom is -0.507 e. The monoisotopic (exact) mass is 341 g/mol. The SMILES string of the molecule is CCOC1CC(NC(=O)c2ccc(Br)c(O)c2)C1(C)C. The molecule has 4 nitrogen and oxygen atoms in total. The molecule has 1 fully saturated rings. The summed E-state index contributed by atoms with van der Waals surface area (Å²) in [6, 6.07) is 4.91. The largest absolute Gasteiger partial charge is 0.507 e. The van der Waals surface area contributed by atoms with Crippen LogP contribution in [0, 0.1) is 5.41 Å². The molecule has 1 aliphatic rings. The maximum atomic E-state index is 12.2. The van der Waals surface area contributed by atoms with Gasteiger partial charge in [-0.3, -0.25) is 4.79 Å². The first-order valence-electron chi connectivity index (χ1n) is 6.77. The molecule has 1 amide bonds. The van der Waals surface area contributed by atoms with E-state index in [0.717, 1.165) is 6.42 Å². The van der Waals surface area contributed by atoms with Gasteiger partial charge in [0.05, 0.1) is 10.6 Å². The first-order chi connectivity index (χ1) is 9.36. The number of amides is 1. The number of rotatable bonds is 4. The van der Waals surface area contributed by atoms with Crippen molar-refractivity contribution in [2.24, 2.45) is 5.41 Å². The Morgan fingerprint density at radius 1 is 1.55 bits per heavy atom. The minimum absolute atomic E-state index is 0.0664. The van der Waals surface area contributed by atoms with Gasteiger partial charge in [0.15, 0.2) is 0 Å². The third-order valence-electron chi connectivity index (χ3n) is 4.06. The van der Waals surface area contributed by atoms with E-state index in [2.05, 4.69) is 35.1 Å². The van der Waals surface area contributed by atoms with Crippen LogP contribution >= 0.6 is 15.9 Å². The van der Waals surface area contributed by atoms with E-state index in [9.17, 15) is 9.90 Å². The van der Waals surface area contributed by atoms with Crippen LogP contribution in [0.1, 0.15) is 37.6 Å². The van der Waals surface area contributed by atoms with Crippen LogP contribution < -0.4 is 5.32 Å². The maximum absolute atomic E-state index is 12.2. The standard InChI is InChI=1S/C15H20BrNO3/c1-4-20-13-8-12(15(13,2)3)17-14(19)9-5-6-10(16)11(18)7-9/h5-7,12-13,18H,4,8H2,1-3H3,(H,17,19). The van der Waals surface area contributed by atoms with Crippen LogP contribution in [0.25, 0.3) is 0 Å². The zero-order valence-electron chi connectivity index (χ0n) is 11.9. The predicted molar refractivity (Wildman–Crippen MR) is 80.9 cm³/mol. The van der Waals surface area contributed by atoms with Gasteiger partial charge in [0.25, 0.3) is 5.91 Å². The van der Waals surface area contributed by atoms with Crippen molar-refractivity contribution in [1.82, 2.24) is 5.32 Å². The Morgan fingerprint density at radius 3 is 2.80 bits per heavy atom. The van der Waals surface area contributed by atoms with Crippen LogP contribution in [0.3, 0.4) is 0 Å². The number of halogens is 1. The van der Waals surface area contributed by atoms with Crippen LogP contribution in [0.2, 0.25) is 0 Å². The Kier molecular flexibility index (Phi) is 4.39. The second-order valence-electron chi connectivity index (χ2n) is 5.69. The predicted octanol–water partition coefficient (Wildman–Crippen LogP) is 3.09. The number of hydrogen-bond acceptors (Lipinski definition) is 3. The highest BCUT2D eigenvalue weighted by atomic mass is 79.9. The van der Waals surface area contributed by atoms with Gasteiger partial charge in [0, 0.05) is 23.6 Å². The molecule has 0 spiro atoms. The Hall–Kier alpha value is -1.07. The molecule has 110 valence electrons.